The van der Waals surface area contributed by atoms with Gasteiger partial charge in [0.15, 0.2) is 12.4 Å². The number of rotatable bonds is 6. The smallest absolute Gasteiger partial charge is 0.278 e. The highest BCUT2D eigenvalue weighted by Gasteiger charge is 2.16. The van der Waals surface area contributed by atoms with Gasteiger partial charge in [-0.05, 0) is 36.4 Å². The van der Waals surface area contributed by atoms with Crippen LogP contribution in [0.15, 0.2) is 59.3 Å². The SMILES string of the molecule is COc1ccc(Cl)cc1-c1noc(-c2ccn(COc3ccccc3Cl)n2)n1. The van der Waals surface area contributed by atoms with Gasteiger partial charge in [0.25, 0.3) is 5.89 Å². The normalized spacial score (nSPS) is 10.8. The summed E-state index contributed by atoms with van der Waals surface area (Å²) < 4.78 is 17.9. The first-order chi connectivity index (χ1) is 13.6. The second-order valence-corrected chi connectivity index (χ2v) is 6.56. The van der Waals surface area contributed by atoms with Crippen LogP contribution in [-0.4, -0.2) is 27.0 Å². The lowest BCUT2D eigenvalue weighted by atomic mass is 10.2. The molecule has 9 heteroatoms. The lowest BCUT2D eigenvalue weighted by molar-refractivity contribution is 0.221. The number of nitrogens with zero attached hydrogens (tertiary/aromatic N) is 4. The standard InChI is InChI=1S/C19H14Cl2N4O3/c1-26-16-7-6-12(20)10-13(16)18-22-19(28-24-18)15-8-9-25(23-15)11-27-17-5-3-2-4-14(17)21/h2-10H,11H2,1H3. The maximum absolute atomic E-state index is 6.08. The number of hydrogen-bond acceptors (Lipinski definition) is 6. The first-order valence-corrected chi connectivity index (χ1v) is 8.98. The summed E-state index contributed by atoms with van der Waals surface area (Å²) in [5.41, 5.74) is 1.15. The van der Waals surface area contributed by atoms with E-state index in [9.17, 15) is 0 Å². The van der Waals surface area contributed by atoms with E-state index in [0.717, 1.165) is 0 Å². The Bertz CT molecular complexity index is 1110. The van der Waals surface area contributed by atoms with Crippen molar-refractivity contribution in [1.29, 1.82) is 0 Å². The molecule has 0 spiro atoms. The van der Waals surface area contributed by atoms with E-state index >= 15 is 0 Å². The second-order valence-electron chi connectivity index (χ2n) is 5.71. The zero-order chi connectivity index (χ0) is 19.5. The van der Waals surface area contributed by atoms with Crippen molar-refractivity contribution < 1.29 is 14.0 Å². The maximum atomic E-state index is 6.08. The summed E-state index contributed by atoms with van der Waals surface area (Å²) in [4.78, 5) is 4.39. The van der Waals surface area contributed by atoms with Gasteiger partial charge in [-0.1, -0.05) is 40.5 Å². The molecule has 2 aromatic heterocycles. The summed E-state index contributed by atoms with van der Waals surface area (Å²) in [5, 5.41) is 9.47. The Balaban J connectivity index is 1.52. The molecule has 0 unspecified atom stereocenters. The molecule has 7 nitrogen and oxygen atoms in total. The van der Waals surface area contributed by atoms with E-state index in [-0.39, 0.29) is 12.6 Å². The van der Waals surface area contributed by atoms with Crippen LogP contribution in [-0.2, 0) is 6.73 Å². The van der Waals surface area contributed by atoms with E-state index in [1.54, 1.807) is 54.4 Å². The minimum atomic E-state index is 0.187. The van der Waals surface area contributed by atoms with Crippen LogP contribution in [0.25, 0.3) is 23.0 Å². The van der Waals surface area contributed by atoms with Crippen LogP contribution < -0.4 is 9.47 Å². The van der Waals surface area contributed by atoms with Gasteiger partial charge in [0, 0.05) is 11.2 Å². The van der Waals surface area contributed by atoms with Crippen LogP contribution in [0.5, 0.6) is 11.5 Å². The Morgan fingerprint density at radius 3 is 2.75 bits per heavy atom. The molecular formula is C19H14Cl2N4O3. The third-order valence-corrected chi connectivity index (χ3v) is 4.42. The van der Waals surface area contributed by atoms with Crippen LogP contribution in [0.1, 0.15) is 0 Å². The number of para-hydroxylation sites is 1. The molecule has 0 amide bonds. The quantitative estimate of drug-likeness (QED) is 0.442. The number of aromatic nitrogens is 4. The van der Waals surface area contributed by atoms with E-state index in [1.807, 2.05) is 12.1 Å². The number of ether oxygens (including phenoxy) is 2. The molecule has 4 rings (SSSR count). The van der Waals surface area contributed by atoms with E-state index in [4.69, 9.17) is 37.2 Å². The molecule has 0 aliphatic heterocycles. The highest BCUT2D eigenvalue weighted by molar-refractivity contribution is 6.32. The molecule has 0 aliphatic rings. The molecule has 28 heavy (non-hydrogen) atoms. The fourth-order valence-electron chi connectivity index (χ4n) is 2.54. The lowest BCUT2D eigenvalue weighted by Crippen LogP contribution is -2.05. The highest BCUT2D eigenvalue weighted by Crippen LogP contribution is 2.31. The summed E-state index contributed by atoms with van der Waals surface area (Å²) >= 11 is 12.1. The maximum Gasteiger partial charge on any atom is 0.278 e. The van der Waals surface area contributed by atoms with Gasteiger partial charge in [-0.3, -0.25) is 0 Å². The molecular weight excluding hydrogens is 403 g/mol. The Hall–Kier alpha value is -3.03. The zero-order valence-electron chi connectivity index (χ0n) is 14.7. The average Bonchev–Trinajstić information content (AvgIpc) is 3.37. The van der Waals surface area contributed by atoms with Crippen molar-refractivity contribution in [1.82, 2.24) is 19.9 Å². The molecule has 0 N–H and O–H groups in total. The fourth-order valence-corrected chi connectivity index (χ4v) is 2.90. The predicted molar refractivity (Wildman–Crippen MR) is 105 cm³/mol. The highest BCUT2D eigenvalue weighted by atomic mass is 35.5. The molecule has 142 valence electrons. The van der Waals surface area contributed by atoms with Gasteiger partial charge in [0.2, 0.25) is 5.82 Å². The van der Waals surface area contributed by atoms with Crippen LogP contribution >= 0.6 is 23.2 Å². The summed E-state index contributed by atoms with van der Waals surface area (Å²) in [6, 6.07) is 14.2. The Kier molecular flexibility index (Phi) is 5.18. The van der Waals surface area contributed by atoms with Crippen LogP contribution in [0.4, 0.5) is 0 Å². The minimum absolute atomic E-state index is 0.187. The van der Waals surface area contributed by atoms with Crippen molar-refractivity contribution in [3.63, 3.8) is 0 Å². The van der Waals surface area contributed by atoms with Crippen molar-refractivity contribution in [3.8, 4) is 34.5 Å². The van der Waals surface area contributed by atoms with Gasteiger partial charge >= 0.3 is 0 Å². The monoisotopic (exact) mass is 416 g/mol. The molecule has 0 saturated carbocycles. The van der Waals surface area contributed by atoms with Crippen molar-refractivity contribution in [3.05, 3.63) is 64.8 Å². The molecule has 0 radical (unpaired) electrons. The van der Waals surface area contributed by atoms with Crippen molar-refractivity contribution >= 4 is 23.2 Å². The van der Waals surface area contributed by atoms with E-state index in [2.05, 4.69) is 15.2 Å². The zero-order valence-corrected chi connectivity index (χ0v) is 16.2. The van der Waals surface area contributed by atoms with Gasteiger partial charge in [0.05, 0.1) is 17.7 Å². The van der Waals surface area contributed by atoms with Gasteiger partial charge in [-0.2, -0.15) is 10.1 Å². The molecule has 0 saturated heterocycles. The van der Waals surface area contributed by atoms with Crippen molar-refractivity contribution in [2.24, 2.45) is 0 Å². The number of benzene rings is 2. The van der Waals surface area contributed by atoms with Gasteiger partial charge in [-0.25, -0.2) is 4.68 Å². The molecule has 0 aliphatic carbocycles. The first-order valence-electron chi connectivity index (χ1n) is 8.23. The van der Waals surface area contributed by atoms with E-state index in [1.165, 1.54) is 0 Å². The first kappa shape index (κ1) is 18.3. The van der Waals surface area contributed by atoms with Gasteiger partial charge < -0.3 is 14.0 Å². The van der Waals surface area contributed by atoms with Crippen LogP contribution in [0.2, 0.25) is 10.0 Å². The number of methoxy groups -OCH3 is 1. The third-order valence-electron chi connectivity index (χ3n) is 3.88. The van der Waals surface area contributed by atoms with E-state index < -0.39 is 0 Å². The Labute approximate surface area is 170 Å². The summed E-state index contributed by atoms with van der Waals surface area (Å²) in [5.74, 6) is 1.80. The molecule has 0 bridgehead atoms. The predicted octanol–water partition coefficient (Wildman–Crippen LogP) is 4.95. The largest absolute Gasteiger partial charge is 0.496 e. The summed E-state index contributed by atoms with van der Waals surface area (Å²) in [6.07, 6.45) is 1.75. The molecule has 4 aromatic rings. The minimum Gasteiger partial charge on any atom is -0.496 e. The topological polar surface area (TPSA) is 75.2 Å². The lowest BCUT2D eigenvalue weighted by Gasteiger charge is -2.07. The van der Waals surface area contributed by atoms with Gasteiger partial charge in [-0.15, -0.1) is 0 Å². The molecule has 2 aromatic carbocycles. The second kappa shape index (κ2) is 7.92. The fraction of sp³-hybridized carbons (Fsp3) is 0.105. The average molecular weight is 417 g/mol. The van der Waals surface area contributed by atoms with E-state index in [0.29, 0.717) is 38.6 Å². The molecule has 0 fully saturated rings. The van der Waals surface area contributed by atoms with Gasteiger partial charge in [0.1, 0.15) is 11.5 Å². The van der Waals surface area contributed by atoms with Crippen molar-refractivity contribution in [2.45, 2.75) is 6.73 Å². The Morgan fingerprint density at radius 2 is 1.93 bits per heavy atom. The van der Waals surface area contributed by atoms with Crippen LogP contribution in [0, 0.1) is 0 Å². The van der Waals surface area contributed by atoms with Crippen molar-refractivity contribution in [2.75, 3.05) is 7.11 Å². The molecule has 2 heterocycles. The Morgan fingerprint density at radius 1 is 1.07 bits per heavy atom. The summed E-state index contributed by atoms with van der Waals surface area (Å²) in [6.45, 7) is 0.187. The third kappa shape index (κ3) is 3.81. The number of hydrogen-bond donors (Lipinski definition) is 0. The summed E-state index contributed by atoms with van der Waals surface area (Å²) in [7, 11) is 1.56. The number of halogens is 2. The molecule has 0 atom stereocenters. The van der Waals surface area contributed by atoms with Crippen LogP contribution in [0.3, 0.4) is 0 Å².